The molecular weight excluding hydrogens is 223 g/mol. The smallest absolute Gasteiger partial charge is 0.258 e. The van der Waals surface area contributed by atoms with Crippen molar-refractivity contribution in [2.24, 2.45) is 10.9 Å². The Hall–Kier alpha value is -2.11. The van der Waals surface area contributed by atoms with Crippen LogP contribution in [-0.2, 0) is 0 Å². The van der Waals surface area contributed by atoms with E-state index in [1.54, 1.807) is 12.1 Å². The van der Waals surface area contributed by atoms with Crippen LogP contribution in [0.15, 0.2) is 23.4 Å². The first-order valence-electron chi connectivity index (χ1n) is 5.21. The zero-order valence-corrected chi connectivity index (χ0v) is 9.55. The Balaban J connectivity index is 2.85. The number of halogens is 1. The van der Waals surface area contributed by atoms with Crippen molar-refractivity contribution in [2.75, 3.05) is 0 Å². The minimum Gasteiger partial charge on any atom is -0.408 e. The van der Waals surface area contributed by atoms with Crippen LogP contribution < -0.4 is 5.73 Å². The molecule has 0 radical (unpaired) electrons. The van der Waals surface area contributed by atoms with E-state index in [0.29, 0.717) is 11.1 Å². The maximum absolute atomic E-state index is 13.8. The van der Waals surface area contributed by atoms with Gasteiger partial charge in [-0.1, -0.05) is 26.0 Å². The highest BCUT2D eigenvalue weighted by molar-refractivity contribution is 5.93. The predicted octanol–water partition coefficient (Wildman–Crippen LogP) is 1.85. The first kappa shape index (κ1) is 11.4. The molecule has 17 heavy (non-hydrogen) atoms. The van der Waals surface area contributed by atoms with E-state index < -0.39 is 5.82 Å². The molecule has 0 bridgehead atoms. The van der Waals surface area contributed by atoms with Crippen LogP contribution in [0, 0.1) is 5.82 Å². The molecule has 90 valence electrons. The van der Waals surface area contributed by atoms with Crippen LogP contribution in [0.3, 0.4) is 0 Å². The summed E-state index contributed by atoms with van der Waals surface area (Å²) in [6.07, 6.45) is 0. The number of para-hydroxylation sites is 1. The van der Waals surface area contributed by atoms with Gasteiger partial charge in [0.1, 0.15) is 11.3 Å². The van der Waals surface area contributed by atoms with Crippen molar-refractivity contribution in [2.45, 2.75) is 19.8 Å². The second-order valence-corrected chi connectivity index (χ2v) is 4.05. The van der Waals surface area contributed by atoms with Crippen molar-refractivity contribution in [3.05, 3.63) is 29.7 Å². The molecule has 0 saturated carbocycles. The molecule has 2 aromatic rings. The van der Waals surface area contributed by atoms with Gasteiger partial charge in [0.15, 0.2) is 0 Å². The molecular formula is C11H13FN4O. The number of hydrogen-bond acceptors (Lipinski definition) is 3. The number of hydrogen-bond donors (Lipinski definition) is 2. The third kappa shape index (κ3) is 1.71. The van der Waals surface area contributed by atoms with Crippen LogP contribution in [0.2, 0.25) is 0 Å². The molecule has 0 spiro atoms. The van der Waals surface area contributed by atoms with E-state index in [2.05, 4.69) is 10.3 Å². The van der Waals surface area contributed by atoms with Crippen LogP contribution in [0.25, 0.3) is 10.9 Å². The fraction of sp³-hybridized carbons (Fsp3) is 0.273. The monoisotopic (exact) mass is 236 g/mol. The first-order valence-corrected chi connectivity index (χ1v) is 5.21. The number of nitrogens with zero attached hydrogens (tertiary/aromatic N) is 3. The van der Waals surface area contributed by atoms with Crippen LogP contribution in [0.5, 0.6) is 0 Å². The van der Waals surface area contributed by atoms with Gasteiger partial charge in [-0.3, -0.25) is 0 Å². The fourth-order valence-electron chi connectivity index (χ4n) is 1.78. The topological polar surface area (TPSA) is 76.4 Å². The summed E-state index contributed by atoms with van der Waals surface area (Å²) in [5.74, 6) is -0.590. The van der Waals surface area contributed by atoms with Crippen molar-refractivity contribution >= 4 is 16.9 Å². The third-order valence-corrected chi connectivity index (χ3v) is 2.55. The molecule has 6 heteroatoms. The van der Waals surface area contributed by atoms with Gasteiger partial charge in [0.25, 0.3) is 5.96 Å². The van der Waals surface area contributed by atoms with Crippen molar-refractivity contribution in [1.82, 2.24) is 9.78 Å². The maximum atomic E-state index is 13.8. The normalized spacial score (nSPS) is 12.6. The van der Waals surface area contributed by atoms with E-state index in [9.17, 15) is 4.39 Å². The number of rotatable bonds is 1. The van der Waals surface area contributed by atoms with Crippen molar-refractivity contribution in [3.63, 3.8) is 0 Å². The molecule has 0 aliphatic carbocycles. The van der Waals surface area contributed by atoms with Crippen LogP contribution in [0.1, 0.15) is 25.5 Å². The first-order chi connectivity index (χ1) is 8.06. The SMILES string of the molecule is CC(C)c1nn(/C(N)=N/O)c2c(F)cccc12. The molecule has 1 aromatic carbocycles. The van der Waals surface area contributed by atoms with Gasteiger partial charge in [-0.2, -0.15) is 9.78 Å². The van der Waals surface area contributed by atoms with E-state index in [1.165, 1.54) is 6.07 Å². The summed E-state index contributed by atoms with van der Waals surface area (Å²) in [4.78, 5) is 0. The Bertz CT molecular complexity index is 588. The summed E-state index contributed by atoms with van der Waals surface area (Å²) < 4.78 is 14.9. The molecule has 0 aliphatic heterocycles. The number of fused-ring (bicyclic) bond motifs is 1. The Morgan fingerprint density at radius 2 is 2.24 bits per heavy atom. The largest absolute Gasteiger partial charge is 0.408 e. The number of oxime groups is 1. The fourth-order valence-corrected chi connectivity index (χ4v) is 1.78. The summed E-state index contributed by atoms with van der Waals surface area (Å²) >= 11 is 0. The lowest BCUT2D eigenvalue weighted by Crippen LogP contribution is -2.23. The Labute approximate surface area is 97.3 Å². The highest BCUT2D eigenvalue weighted by atomic mass is 19.1. The average molecular weight is 236 g/mol. The lowest BCUT2D eigenvalue weighted by Gasteiger charge is -1.99. The minimum atomic E-state index is -0.450. The number of nitrogens with two attached hydrogens (primary N) is 1. The van der Waals surface area contributed by atoms with Gasteiger partial charge in [-0.15, -0.1) is 0 Å². The number of aromatic nitrogens is 2. The summed E-state index contributed by atoms with van der Waals surface area (Å²) in [7, 11) is 0. The molecule has 0 atom stereocenters. The summed E-state index contributed by atoms with van der Waals surface area (Å²) in [6, 6.07) is 4.69. The van der Waals surface area contributed by atoms with Gasteiger partial charge in [-0.05, 0) is 17.1 Å². The zero-order chi connectivity index (χ0) is 12.6. The summed E-state index contributed by atoms with van der Waals surface area (Å²) in [6.45, 7) is 3.90. The Kier molecular flexibility index (Phi) is 2.71. The van der Waals surface area contributed by atoms with E-state index in [1.807, 2.05) is 13.8 Å². The number of benzene rings is 1. The Morgan fingerprint density at radius 3 is 2.82 bits per heavy atom. The van der Waals surface area contributed by atoms with Crippen molar-refractivity contribution < 1.29 is 9.60 Å². The van der Waals surface area contributed by atoms with Crippen LogP contribution in [0.4, 0.5) is 4.39 Å². The van der Waals surface area contributed by atoms with E-state index in [0.717, 1.165) is 4.68 Å². The van der Waals surface area contributed by atoms with Crippen molar-refractivity contribution in [3.8, 4) is 0 Å². The van der Waals surface area contributed by atoms with Gasteiger partial charge < -0.3 is 10.9 Å². The molecule has 1 aromatic heterocycles. The standard InChI is InChI=1S/C11H13FN4O/c1-6(2)9-7-4-3-5-8(12)10(7)16(14-9)11(13)15-17/h3-6,17H,1-2H3,(H2,13,15). The quantitative estimate of drug-likeness (QED) is 0.343. The Morgan fingerprint density at radius 1 is 1.53 bits per heavy atom. The molecule has 2 rings (SSSR count). The van der Waals surface area contributed by atoms with E-state index in [4.69, 9.17) is 10.9 Å². The minimum absolute atomic E-state index is 0.118. The molecule has 1 heterocycles. The van der Waals surface area contributed by atoms with Gasteiger partial charge >= 0.3 is 0 Å². The highest BCUT2D eigenvalue weighted by Gasteiger charge is 2.18. The van der Waals surface area contributed by atoms with Crippen molar-refractivity contribution in [1.29, 1.82) is 0 Å². The van der Waals surface area contributed by atoms with Gasteiger partial charge in [0.05, 0.1) is 5.69 Å². The zero-order valence-electron chi connectivity index (χ0n) is 9.55. The molecule has 0 amide bonds. The maximum Gasteiger partial charge on any atom is 0.258 e. The predicted molar refractivity (Wildman–Crippen MR) is 62.6 cm³/mol. The van der Waals surface area contributed by atoms with Gasteiger partial charge in [0.2, 0.25) is 0 Å². The molecule has 0 saturated heterocycles. The summed E-state index contributed by atoms with van der Waals surface area (Å²) in [5.41, 5.74) is 6.42. The second kappa shape index (κ2) is 4.04. The molecule has 0 aliphatic rings. The second-order valence-electron chi connectivity index (χ2n) is 4.05. The lowest BCUT2D eigenvalue weighted by molar-refractivity contribution is 0.315. The molecule has 5 nitrogen and oxygen atoms in total. The van der Waals surface area contributed by atoms with Crippen LogP contribution >= 0.6 is 0 Å². The van der Waals surface area contributed by atoms with E-state index in [-0.39, 0.29) is 17.4 Å². The third-order valence-electron chi connectivity index (χ3n) is 2.55. The van der Waals surface area contributed by atoms with E-state index >= 15 is 0 Å². The molecule has 0 fully saturated rings. The molecule has 0 unspecified atom stereocenters. The summed E-state index contributed by atoms with van der Waals surface area (Å²) in [5, 5.41) is 16.4. The van der Waals surface area contributed by atoms with Gasteiger partial charge in [0, 0.05) is 5.39 Å². The average Bonchev–Trinajstić information content (AvgIpc) is 2.69. The van der Waals surface area contributed by atoms with Gasteiger partial charge in [-0.25, -0.2) is 4.39 Å². The highest BCUT2D eigenvalue weighted by Crippen LogP contribution is 2.26. The van der Waals surface area contributed by atoms with Crippen LogP contribution in [-0.4, -0.2) is 20.9 Å². The molecule has 3 N–H and O–H groups in total. The lowest BCUT2D eigenvalue weighted by atomic mass is 10.1.